The highest BCUT2D eigenvalue weighted by molar-refractivity contribution is 6.06. The van der Waals surface area contributed by atoms with Crippen LogP contribution < -0.4 is 15.8 Å². The van der Waals surface area contributed by atoms with Crippen molar-refractivity contribution < 1.29 is 14.3 Å². The molecule has 1 aromatic carbocycles. The number of imide groups is 1. The van der Waals surface area contributed by atoms with Gasteiger partial charge in [0.05, 0.1) is 6.61 Å². The minimum absolute atomic E-state index is 0.197. The topological polar surface area (TPSA) is 84.7 Å². The summed E-state index contributed by atoms with van der Waals surface area (Å²) in [6.45, 7) is 4.65. The Bertz CT molecular complexity index is 543. The van der Waals surface area contributed by atoms with E-state index in [-0.39, 0.29) is 11.9 Å². The van der Waals surface area contributed by atoms with Gasteiger partial charge in [0.15, 0.2) is 0 Å². The molecule has 0 unspecified atom stereocenters. The van der Waals surface area contributed by atoms with Gasteiger partial charge in [-0.05, 0) is 38.0 Å². The van der Waals surface area contributed by atoms with Crippen LogP contribution in [-0.4, -0.2) is 35.5 Å². The molecule has 1 fully saturated rings. The van der Waals surface area contributed by atoms with Crippen molar-refractivity contribution >= 4 is 11.9 Å². The fourth-order valence-electron chi connectivity index (χ4n) is 2.20. The molecule has 2 rings (SSSR count). The van der Waals surface area contributed by atoms with Gasteiger partial charge in [-0.2, -0.15) is 0 Å². The average molecular weight is 291 g/mol. The summed E-state index contributed by atoms with van der Waals surface area (Å²) in [5.41, 5.74) is 5.76. The molecule has 114 valence electrons. The van der Waals surface area contributed by atoms with Gasteiger partial charge in [-0.3, -0.25) is 9.69 Å². The Hall–Kier alpha value is -2.08. The Morgan fingerprint density at radius 2 is 2.10 bits per heavy atom. The van der Waals surface area contributed by atoms with Crippen molar-refractivity contribution in [2.24, 2.45) is 5.73 Å². The van der Waals surface area contributed by atoms with E-state index in [9.17, 15) is 9.59 Å². The lowest BCUT2D eigenvalue weighted by atomic mass is 10.1. The van der Waals surface area contributed by atoms with E-state index in [1.807, 2.05) is 24.3 Å². The first-order chi connectivity index (χ1) is 9.94. The maximum absolute atomic E-state index is 12.0. The number of benzene rings is 1. The zero-order valence-electron chi connectivity index (χ0n) is 12.4. The second-order valence-electron chi connectivity index (χ2n) is 5.57. The summed E-state index contributed by atoms with van der Waals surface area (Å²) in [7, 11) is 0. The fourth-order valence-corrected chi connectivity index (χ4v) is 2.20. The molecule has 0 spiro atoms. The third-order valence-corrected chi connectivity index (χ3v) is 3.37. The molecular weight excluding hydrogens is 270 g/mol. The van der Waals surface area contributed by atoms with Gasteiger partial charge in [0.25, 0.3) is 5.91 Å². The van der Waals surface area contributed by atoms with E-state index in [1.165, 1.54) is 4.90 Å². The number of hydrogen-bond acceptors (Lipinski definition) is 4. The van der Waals surface area contributed by atoms with E-state index in [0.29, 0.717) is 26.1 Å². The number of urea groups is 1. The zero-order chi connectivity index (χ0) is 15.5. The minimum atomic E-state index is -0.812. The van der Waals surface area contributed by atoms with Crippen LogP contribution in [0.4, 0.5) is 4.79 Å². The number of amides is 3. The van der Waals surface area contributed by atoms with Crippen LogP contribution in [0.3, 0.4) is 0 Å². The molecule has 1 aliphatic rings. The monoisotopic (exact) mass is 291 g/mol. The number of rotatable bonds is 6. The molecule has 0 radical (unpaired) electrons. The van der Waals surface area contributed by atoms with E-state index in [2.05, 4.69) is 5.32 Å². The summed E-state index contributed by atoms with van der Waals surface area (Å²) in [6, 6.07) is 7.22. The van der Waals surface area contributed by atoms with E-state index >= 15 is 0 Å². The SMILES string of the molecule is CC1(C)NC(=O)N(CCCOc2cccc(CN)c2)C1=O. The first-order valence-corrected chi connectivity index (χ1v) is 7.00. The minimum Gasteiger partial charge on any atom is -0.494 e. The number of hydrogen-bond donors (Lipinski definition) is 2. The average Bonchev–Trinajstić information content (AvgIpc) is 2.65. The summed E-state index contributed by atoms with van der Waals surface area (Å²) in [5.74, 6) is 0.549. The molecule has 6 nitrogen and oxygen atoms in total. The number of nitrogens with two attached hydrogens (primary N) is 1. The van der Waals surface area contributed by atoms with Crippen molar-refractivity contribution in [2.45, 2.75) is 32.4 Å². The third kappa shape index (κ3) is 3.52. The van der Waals surface area contributed by atoms with Crippen LogP contribution in [0.5, 0.6) is 5.75 Å². The molecule has 0 bridgehead atoms. The van der Waals surface area contributed by atoms with E-state index in [1.54, 1.807) is 13.8 Å². The van der Waals surface area contributed by atoms with Gasteiger partial charge >= 0.3 is 6.03 Å². The molecule has 1 aromatic rings. The molecule has 3 N–H and O–H groups in total. The van der Waals surface area contributed by atoms with Crippen LogP contribution in [-0.2, 0) is 11.3 Å². The van der Waals surface area contributed by atoms with Crippen LogP contribution in [0.25, 0.3) is 0 Å². The number of ether oxygens (including phenoxy) is 1. The fraction of sp³-hybridized carbons (Fsp3) is 0.467. The molecule has 1 heterocycles. The predicted octanol–water partition coefficient (Wildman–Crippen LogP) is 1.24. The van der Waals surface area contributed by atoms with Gasteiger partial charge in [-0.25, -0.2) is 4.79 Å². The second kappa shape index (κ2) is 6.13. The highest BCUT2D eigenvalue weighted by atomic mass is 16.5. The quantitative estimate of drug-likeness (QED) is 0.610. The van der Waals surface area contributed by atoms with Gasteiger partial charge in [-0.15, -0.1) is 0 Å². The van der Waals surface area contributed by atoms with Crippen LogP contribution in [0, 0.1) is 0 Å². The Morgan fingerprint density at radius 1 is 1.33 bits per heavy atom. The Balaban J connectivity index is 1.80. The lowest BCUT2D eigenvalue weighted by Crippen LogP contribution is -2.40. The number of carbonyl (C=O) groups is 2. The lowest BCUT2D eigenvalue weighted by molar-refractivity contribution is -0.130. The maximum Gasteiger partial charge on any atom is 0.325 e. The second-order valence-corrected chi connectivity index (χ2v) is 5.57. The van der Waals surface area contributed by atoms with Crippen LogP contribution >= 0.6 is 0 Å². The van der Waals surface area contributed by atoms with Gasteiger partial charge in [0.1, 0.15) is 11.3 Å². The summed E-state index contributed by atoms with van der Waals surface area (Å²) in [6.07, 6.45) is 0.585. The Morgan fingerprint density at radius 3 is 2.71 bits per heavy atom. The van der Waals surface area contributed by atoms with Crippen molar-refractivity contribution in [1.82, 2.24) is 10.2 Å². The molecule has 0 atom stereocenters. The maximum atomic E-state index is 12.0. The first-order valence-electron chi connectivity index (χ1n) is 7.00. The summed E-state index contributed by atoms with van der Waals surface area (Å²) >= 11 is 0. The van der Waals surface area contributed by atoms with Gasteiger partial charge in [0.2, 0.25) is 0 Å². The normalized spacial score (nSPS) is 17.0. The van der Waals surface area contributed by atoms with Gasteiger partial charge in [0, 0.05) is 13.1 Å². The van der Waals surface area contributed by atoms with E-state index in [4.69, 9.17) is 10.5 Å². The van der Waals surface area contributed by atoms with Gasteiger partial charge in [-0.1, -0.05) is 12.1 Å². The highest BCUT2D eigenvalue weighted by Crippen LogP contribution is 2.17. The third-order valence-electron chi connectivity index (χ3n) is 3.37. The van der Waals surface area contributed by atoms with Crippen molar-refractivity contribution in [3.63, 3.8) is 0 Å². The molecule has 21 heavy (non-hydrogen) atoms. The predicted molar refractivity (Wildman–Crippen MR) is 78.8 cm³/mol. The van der Waals surface area contributed by atoms with Crippen LogP contribution in [0.1, 0.15) is 25.8 Å². The highest BCUT2D eigenvalue weighted by Gasteiger charge is 2.43. The van der Waals surface area contributed by atoms with Crippen molar-refractivity contribution in [3.05, 3.63) is 29.8 Å². The van der Waals surface area contributed by atoms with E-state index in [0.717, 1.165) is 11.3 Å². The largest absolute Gasteiger partial charge is 0.494 e. The summed E-state index contributed by atoms with van der Waals surface area (Å²) < 4.78 is 5.61. The first kappa shape index (κ1) is 15.3. The van der Waals surface area contributed by atoms with Crippen LogP contribution in [0.15, 0.2) is 24.3 Å². The smallest absolute Gasteiger partial charge is 0.325 e. The number of carbonyl (C=O) groups excluding carboxylic acids is 2. The Kier molecular flexibility index (Phi) is 4.47. The van der Waals surface area contributed by atoms with Crippen molar-refractivity contribution in [3.8, 4) is 5.75 Å². The van der Waals surface area contributed by atoms with Crippen LogP contribution in [0.2, 0.25) is 0 Å². The van der Waals surface area contributed by atoms with Crippen molar-refractivity contribution in [1.29, 1.82) is 0 Å². The lowest BCUT2D eigenvalue weighted by Gasteiger charge is -2.16. The molecule has 1 aliphatic heterocycles. The number of nitrogens with one attached hydrogen (secondary N) is 1. The molecule has 6 heteroatoms. The van der Waals surface area contributed by atoms with Crippen molar-refractivity contribution in [2.75, 3.05) is 13.2 Å². The number of nitrogens with zero attached hydrogens (tertiary/aromatic N) is 1. The summed E-state index contributed by atoms with van der Waals surface area (Å²) in [4.78, 5) is 24.9. The van der Waals surface area contributed by atoms with E-state index < -0.39 is 5.54 Å². The summed E-state index contributed by atoms with van der Waals surface area (Å²) in [5, 5.41) is 2.65. The van der Waals surface area contributed by atoms with Gasteiger partial charge < -0.3 is 15.8 Å². The molecular formula is C15H21N3O3. The molecule has 0 aliphatic carbocycles. The Labute approximate surface area is 124 Å². The standard InChI is InChI=1S/C15H21N3O3/c1-15(2)13(19)18(14(20)17-15)7-4-8-21-12-6-3-5-11(9-12)10-16/h3,5-6,9H,4,7-8,10,16H2,1-2H3,(H,17,20). The molecule has 0 aromatic heterocycles. The molecule has 1 saturated heterocycles. The zero-order valence-corrected chi connectivity index (χ0v) is 12.4. The molecule has 3 amide bonds. The molecule has 0 saturated carbocycles.